The van der Waals surface area contributed by atoms with Crippen LogP contribution in [0.2, 0.25) is 0 Å². The predicted molar refractivity (Wildman–Crippen MR) is 109 cm³/mol. The molecule has 0 aromatic carbocycles. The summed E-state index contributed by atoms with van der Waals surface area (Å²) < 4.78 is 1.55. The van der Waals surface area contributed by atoms with Gasteiger partial charge in [-0.3, -0.25) is 14.8 Å². The third-order valence-corrected chi connectivity index (χ3v) is 5.27. The van der Waals surface area contributed by atoms with Gasteiger partial charge in [-0.1, -0.05) is 0 Å². The van der Waals surface area contributed by atoms with Crippen LogP contribution in [-0.2, 0) is 6.54 Å². The lowest BCUT2D eigenvalue weighted by molar-refractivity contribution is 0.489. The van der Waals surface area contributed by atoms with Gasteiger partial charge in [-0.2, -0.15) is 5.10 Å². The van der Waals surface area contributed by atoms with Gasteiger partial charge >= 0.3 is 0 Å². The molecule has 1 aliphatic heterocycles. The number of pyridine rings is 2. The van der Waals surface area contributed by atoms with Crippen LogP contribution in [0.15, 0.2) is 66.2 Å². The van der Waals surface area contributed by atoms with Gasteiger partial charge in [0.15, 0.2) is 0 Å². The molecule has 1 aliphatic rings. The van der Waals surface area contributed by atoms with Crippen LogP contribution in [0.25, 0.3) is 22.2 Å². The fourth-order valence-corrected chi connectivity index (χ4v) is 3.87. The van der Waals surface area contributed by atoms with Crippen LogP contribution >= 0.6 is 0 Å². The molecule has 8 heteroatoms. The lowest BCUT2D eigenvalue weighted by atomic mass is 10.2. The number of fused-ring (bicyclic) bond motifs is 1. The minimum atomic E-state index is -0.110. The second kappa shape index (κ2) is 7.38. The van der Waals surface area contributed by atoms with E-state index in [2.05, 4.69) is 29.9 Å². The summed E-state index contributed by atoms with van der Waals surface area (Å²) in [5.41, 5.74) is 2.33. The summed E-state index contributed by atoms with van der Waals surface area (Å²) in [6, 6.07) is 9.18. The molecule has 4 aromatic heterocycles. The predicted octanol–water partition coefficient (Wildman–Crippen LogP) is 2.31. The third-order valence-electron chi connectivity index (χ3n) is 5.27. The summed E-state index contributed by atoms with van der Waals surface area (Å²) >= 11 is 0. The standard InChI is InChI=1S/C21H19N7O/c29-20-6-5-18(15-3-1-8-22-11-15)26-28(20)13-16-4-2-10-27(16)21-17-7-9-23-12-19(17)24-14-25-21/h1,3,5-9,11-12,14,16H,2,4,10,13H2. The molecule has 0 spiro atoms. The molecule has 0 bridgehead atoms. The molecule has 1 saturated heterocycles. The van der Waals surface area contributed by atoms with Crippen LogP contribution in [0.1, 0.15) is 12.8 Å². The van der Waals surface area contributed by atoms with Crippen molar-refractivity contribution in [1.29, 1.82) is 0 Å². The highest BCUT2D eigenvalue weighted by Crippen LogP contribution is 2.29. The van der Waals surface area contributed by atoms with Crippen molar-refractivity contribution >= 4 is 16.7 Å². The van der Waals surface area contributed by atoms with E-state index in [0.29, 0.717) is 6.54 Å². The maximum atomic E-state index is 12.5. The van der Waals surface area contributed by atoms with Crippen LogP contribution in [0.4, 0.5) is 5.82 Å². The summed E-state index contributed by atoms with van der Waals surface area (Å²) in [4.78, 5) is 31.9. The van der Waals surface area contributed by atoms with Gasteiger partial charge in [0.05, 0.1) is 30.0 Å². The summed E-state index contributed by atoms with van der Waals surface area (Å²) in [6.45, 7) is 1.39. The van der Waals surface area contributed by atoms with E-state index in [1.807, 2.05) is 18.2 Å². The molecule has 5 rings (SSSR count). The van der Waals surface area contributed by atoms with E-state index in [-0.39, 0.29) is 11.6 Å². The van der Waals surface area contributed by atoms with Crippen molar-refractivity contribution in [3.05, 3.63) is 71.8 Å². The van der Waals surface area contributed by atoms with E-state index in [0.717, 1.165) is 47.4 Å². The number of rotatable bonds is 4. The molecule has 0 amide bonds. The highest BCUT2D eigenvalue weighted by Gasteiger charge is 2.28. The van der Waals surface area contributed by atoms with E-state index >= 15 is 0 Å². The summed E-state index contributed by atoms with van der Waals surface area (Å²) in [7, 11) is 0. The largest absolute Gasteiger partial charge is 0.351 e. The van der Waals surface area contributed by atoms with Crippen molar-refractivity contribution in [3.63, 3.8) is 0 Å². The second-order valence-corrected chi connectivity index (χ2v) is 7.06. The van der Waals surface area contributed by atoms with E-state index < -0.39 is 0 Å². The smallest absolute Gasteiger partial charge is 0.266 e. The van der Waals surface area contributed by atoms with Gasteiger partial charge in [0, 0.05) is 42.2 Å². The first-order valence-corrected chi connectivity index (χ1v) is 9.59. The Bertz CT molecular complexity index is 1200. The Labute approximate surface area is 166 Å². The Balaban J connectivity index is 1.48. The Morgan fingerprint density at radius 3 is 2.86 bits per heavy atom. The van der Waals surface area contributed by atoms with Crippen LogP contribution in [0, 0.1) is 0 Å². The topological polar surface area (TPSA) is 89.7 Å². The molecule has 8 nitrogen and oxygen atoms in total. The number of anilines is 1. The van der Waals surface area contributed by atoms with Crippen LogP contribution in [-0.4, -0.2) is 42.3 Å². The molecule has 0 radical (unpaired) electrons. The van der Waals surface area contributed by atoms with Gasteiger partial charge in [0.25, 0.3) is 5.56 Å². The van der Waals surface area contributed by atoms with Crippen molar-refractivity contribution in [2.75, 3.05) is 11.4 Å². The average Bonchev–Trinajstić information content (AvgIpc) is 3.23. The summed E-state index contributed by atoms with van der Waals surface area (Å²) in [5.74, 6) is 0.886. The van der Waals surface area contributed by atoms with Crippen molar-refractivity contribution in [1.82, 2.24) is 29.7 Å². The zero-order valence-corrected chi connectivity index (χ0v) is 15.7. The minimum absolute atomic E-state index is 0.110. The Morgan fingerprint density at radius 1 is 1.03 bits per heavy atom. The Morgan fingerprint density at radius 2 is 1.97 bits per heavy atom. The molecule has 144 valence electrons. The highest BCUT2D eigenvalue weighted by molar-refractivity contribution is 5.88. The number of hydrogen-bond donors (Lipinski definition) is 0. The van der Waals surface area contributed by atoms with Gasteiger partial charge in [0.1, 0.15) is 12.1 Å². The van der Waals surface area contributed by atoms with Crippen molar-refractivity contribution in [3.8, 4) is 11.3 Å². The fraction of sp³-hybridized carbons (Fsp3) is 0.238. The second-order valence-electron chi connectivity index (χ2n) is 7.06. The van der Waals surface area contributed by atoms with E-state index in [9.17, 15) is 4.79 Å². The van der Waals surface area contributed by atoms with E-state index in [1.165, 1.54) is 0 Å². The molecule has 5 heterocycles. The van der Waals surface area contributed by atoms with Crippen molar-refractivity contribution < 1.29 is 0 Å². The van der Waals surface area contributed by atoms with Gasteiger partial charge in [-0.05, 0) is 37.1 Å². The monoisotopic (exact) mass is 385 g/mol. The lowest BCUT2D eigenvalue weighted by Crippen LogP contribution is -2.37. The lowest BCUT2D eigenvalue weighted by Gasteiger charge is -2.26. The fourth-order valence-electron chi connectivity index (χ4n) is 3.87. The van der Waals surface area contributed by atoms with Crippen LogP contribution in [0.5, 0.6) is 0 Å². The maximum Gasteiger partial charge on any atom is 0.266 e. The molecule has 29 heavy (non-hydrogen) atoms. The molecule has 0 saturated carbocycles. The molecule has 1 fully saturated rings. The summed E-state index contributed by atoms with van der Waals surface area (Å²) in [6.07, 6.45) is 10.6. The third kappa shape index (κ3) is 3.33. The van der Waals surface area contributed by atoms with Gasteiger partial charge in [0.2, 0.25) is 0 Å². The highest BCUT2D eigenvalue weighted by atomic mass is 16.1. The maximum absolute atomic E-state index is 12.5. The number of nitrogens with zero attached hydrogens (tertiary/aromatic N) is 7. The minimum Gasteiger partial charge on any atom is -0.351 e. The molecular weight excluding hydrogens is 366 g/mol. The van der Waals surface area contributed by atoms with Crippen molar-refractivity contribution in [2.24, 2.45) is 0 Å². The van der Waals surface area contributed by atoms with Gasteiger partial charge in [-0.25, -0.2) is 14.6 Å². The van der Waals surface area contributed by atoms with Crippen LogP contribution in [0.3, 0.4) is 0 Å². The average molecular weight is 385 g/mol. The van der Waals surface area contributed by atoms with E-state index in [4.69, 9.17) is 0 Å². The Kier molecular flexibility index (Phi) is 4.44. The first kappa shape index (κ1) is 17.4. The normalized spacial score (nSPS) is 16.4. The molecule has 4 aromatic rings. The zero-order valence-electron chi connectivity index (χ0n) is 15.7. The van der Waals surface area contributed by atoms with Gasteiger partial charge < -0.3 is 4.90 Å². The quantitative estimate of drug-likeness (QED) is 0.532. The van der Waals surface area contributed by atoms with Crippen molar-refractivity contribution in [2.45, 2.75) is 25.4 Å². The number of aromatic nitrogens is 6. The Hall–Kier alpha value is -3.68. The molecule has 0 aliphatic carbocycles. The summed E-state index contributed by atoms with van der Waals surface area (Å²) in [5, 5.41) is 5.56. The molecule has 1 unspecified atom stereocenters. The van der Waals surface area contributed by atoms with E-state index in [1.54, 1.807) is 47.9 Å². The molecule has 1 atom stereocenters. The molecular formula is C21H19N7O. The first-order valence-electron chi connectivity index (χ1n) is 9.59. The first-order chi connectivity index (χ1) is 14.3. The number of hydrogen-bond acceptors (Lipinski definition) is 7. The van der Waals surface area contributed by atoms with Crippen LogP contribution < -0.4 is 10.5 Å². The van der Waals surface area contributed by atoms with Gasteiger partial charge in [-0.15, -0.1) is 0 Å². The zero-order chi connectivity index (χ0) is 19.6. The SMILES string of the molecule is O=c1ccc(-c2cccnc2)nn1CC1CCCN1c1ncnc2cnccc12. The molecule has 0 N–H and O–H groups in total.